The average molecular weight is 490 g/mol. The molecule has 0 bridgehead atoms. The second kappa shape index (κ2) is 11.0. The maximum Gasteiger partial charge on any atom is 0.296 e. The first kappa shape index (κ1) is 23.7. The van der Waals surface area contributed by atoms with Crippen LogP contribution in [0.5, 0.6) is 17.2 Å². The summed E-state index contributed by atoms with van der Waals surface area (Å²) in [7, 11) is 1.37. The Bertz CT molecular complexity index is 1060. The van der Waals surface area contributed by atoms with Gasteiger partial charge in [0.1, 0.15) is 23.1 Å². The SMILES string of the molecule is CCOc1cc(/C=C(\C#N)C(=O)Nc2ccc(OC)cc2[N+](=O)[O-])cc(Br)c1OCC. The Morgan fingerprint density at radius 1 is 1.26 bits per heavy atom. The van der Waals surface area contributed by atoms with Crippen molar-refractivity contribution in [2.24, 2.45) is 0 Å². The smallest absolute Gasteiger partial charge is 0.296 e. The Morgan fingerprint density at radius 3 is 2.55 bits per heavy atom. The van der Waals surface area contributed by atoms with Crippen LogP contribution in [0, 0.1) is 21.4 Å². The van der Waals surface area contributed by atoms with Crippen LogP contribution in [0.2, 0.25) is 0 Å². The zero-order valence-electron chi connectivity index (χ0n) is 17.1. The minimum absolute atomic E-state index is 0.0557. The molecule has 9 nitrogen and oxygen atoms in total. The van der Waals surface area contributed by atoms with Gasteiger partial charge < -0.3 is 19.5 Å². The van der Waals surface area contributed by atoms with Gasteiger partial charge in [-0.25, -0.2) is 0 Å². The van der Waals surface area contributed by atoms with Crippen molar-refractivity contribution in [3.05, 3.63) is 56.1 Å². The lowest BCUT2D eigenvalue weighted by Crippen LogP contribution is -2.14. The summed E-state index contributed by atoms with van der Waals surface area (Å²) in [4.78, 5) is 23.3. The molecule has 0 atom stereocenters. The maximum atomic E-state index is 12.6. The summed E-state index contributed by atoms with van der Waals surface area (Å²) >= 11 is 3.41. The summed E-state index contributed by atoms with van der Waals surface area (Å²) in [5.74, 6) is 0.439. The topological polar surface area (TPSA) is 124 Å². The number of methoxy groups -OCH3 is 1. The van der Waals surface area contributed by atoms with E-state index >= 15 is 0 Å². The molecule has 0 aliphatic carbocycles. The number of nitro groups is 1. The molecule has 31 heavy (non-hydrogen) atoms. The molecule has 0 saturated heterocycles. The summed E-state index contributed by atoms with van der Waals surface area (Å²) in [6, 6.07) is 9.12. The van der Waals surface area contributed by atoms with E-state index in [4.69, 9.17) is 14.2 Å². The number of hydrogen-bond donors (Lipinski definition) is 1. The quantitative estimate of drug-likeness (QED) is 0.234. The molecule has 0 spiro atoms. The predicted octanol–water partition coefficient (Wildman–Crippen LogP) is 4.71. The molecule has 162 valence electrons. The molecule has 2 aromatic rings. The average Bonchev–Trinajstić information content (AvgIpc) is 2.74. The molecule has 0 aliphatic heterocycles. The second-order valence-corrected chi connectivity index (χ2v) is 6.81. The molecule has 0 aliphatic rings. The van der Waals surface area contributed by atoms with Gasteiger partial charge in [0.15, 0.2) is 11.5 Å². The molecule has 0 saturated carbocycles. The lowest BCUT2D eigenvalue weighted by molar-refractivity contribution is -0.384. The fourth-order valence-corrected chi connectivity index (χ4v) is 3.19. The molecule has 10 heteroatoms. The lowest BCUT2D eigenvalue weighted by atomic mass is 10.1. The third kappa shape index (κ3) is 5.96. The number of nitro benzene ring substituents is 1. The first-order valence-corrected chi connectivity index (χ1v) is 9.98. The Balaban J connectivity index is 2.39. The van der Waals surface area contributed by atoms with E-state index in [1.54, 1.807) is 12.1 Å². The van der Waals surface area contributed by atoms with Crippen molar-refractivity contribution in [1.29, 1.82) is 5.26 Å². The first-order valence-electron chi connectivity index (χ1n) is 9.19. The number of nitrogens with one attached hydrogen (secondary N) is 1. The highest BCUT2D eigenvalue weighted by Gasteiger charge is 2.20. The predicted molar refractivity (Wildman–Crippen MR) is 118 cm³/mol. The molecule has 0 unspecified atom stereocenters. The van der Waals surface area contributed by atoms with E-state index in [9.17, 15) is 20.2 Å². The second-order valence-electron chi connectivity index (χ2n) is 5.96. The summed E-state index contributed by atoms with van der Waals surface area (Å²) in [6.45, 7) is 4.49. The molecule has 2 rings (SSSR count). The maximum absolute atomic E-state index is 12.6. The largest absolute Gasteiger partial charge is 0.496 e. The number of carbonyl (C=O) groups excluding carboxylic acids is 1. The van der Waals surface area contributed by atoms with Gasteiger partial charge in [-0.15, -0.1) is 0 Å². The van der Waals surface area contributed by atoms with E-state index in [1.165, 1.54) is 31.4 Å². The van der Waals surface area contributed by atoms with Crippen molar-refractivity contribution >= 4 is 39.3 Å². The Hall–Kier alpha value is -3.58. The van der Waals surface area contributed by atoms with E-state index < -0.39 is 10.8 Å². The highest BCUT2D eigenvalue weighted by molar-refractivity contribution is 9.10. The lowest BCUT2D eigenvalue weighted by Gasteiger charge is -2.13. The normalized spacial score (nSPS) is 10.7. The molecular weight excluding hydrogens is 470 g/mol. The minimum atomic E-state index is -0.793. The van der Waals surface area contributed by atoms with Gasteiger partial charge in [0.05, 0.1) is 35.8 Å². The summed E-state index contributed by atoms with van der Waals surface area (Å²) in [5, 5.41) is 23.2. The van der Waals surface area contributed by atoms with Crippen molar-refractivity contribution in [2.45, 2.75) is 13.8 Å². The molecular formula is C21H20BrN3O6. The third-order valence-corrected chi connectivity index (χ3v) is 4.54. The molecule has 1 N–H and O–H groups in total. The van der Waals surface area contributed by atoms with Crippen molar-refractivity contribution in [3.8, 4) is 23.3 Å². The van der Waals surface area contributed by atoms with Crippen LogP contribution in [-0.2, 0) is 4.79 Å². The van der Waals surface area contributed by atoms with Crippen LogP contribution in [0.1, 0.15) is 19.4 Å². The summed E-state index contributed by atoms with van der Waals surface area (Å²) in [6.07, 6.45) is 1.35. The van der Waals surface area contributed by atoms with E-state index in [2.05, 4.69) is 21.2 Å². The van der Waals surface area contributed by atoms with E-state index in [1.807, 2.05) is 19.9 Å². The number of ether oxygens (including phenoxy) is 3. The molecule has 1 amide bonds. The van der Waals surface area contributed by atoms with Crippen molar-refractivity contribution in [1.82, 2.24) is 0 Å². The highest BCUT2D eigenvalue weighted by atomic mass is 79.9. The highest BCUT2D eigenvalue weighted by Crippen LogP contribution is 2.37. The van der Waals surface area contributed by atoms with Crippen molar-refractivity contribution < 1.29 is 23.9 Å². The first-order chi connectivity index (χ1) is 14.8. The standard InChI is InChI=1S/C21H20BrN3O6/c1-4-30-19-10-13(9-16(22)20(19)31-5-2)8-14(12-23)21(26)24-17-7-6-15(29-3)11-18(17)25(27)28/h6-11H,4-5H2,1-3H3,(H,24,26)/b14-8+. The van der Waals surface area contributed by atoms with Crippen LogP contribution in [0.15, 0.2) is 40.4 Å². The Labute approximate surface area is 187 Å². The monoisotopic (exact) mass is 489 g/mol. The fraction of sp³-hybridized carbons (Fsp3) is 0.238. The van der Waals surface area contributed by atoms with E-state index in [-0.39, 0.29) is 22.7 Å². The number of anilines is 1. The number of nitriles is 1. The van der Waals surface area contributed by atoms with Gasteiger partial charge in [0.25, 0.3) is 11.6 Å². The minimum Gasteiger partial charge on any atom is -0.496 e. The Kier molecular flexibility index (Phi) is 8.40. The van der Waals surface area contributed by atoms with E-state index in [0.29, 0.717) is 34.7 Å². The number of rotatable bonds is 9. The van der Waals surface area contributed by atoms with Crippen LogP contribution >= 0.6 is 15.9 Å². The van der Waals surface area contributed by atoms with Crippen molar-refractivity contribution in [2.75, 3.05) is 25.6 Å². The van der Waals surface area contributed by atoms with Gasteiger partial charge in [-0.1, -0.05) is 0 Å². The van der Waals surface area contributed by atoms with Gasteiger partial charge >= 0.3 is 0 Å². The molecule has 2 aromatic carbocycles. The zero-order valence-corrected chi connectivity index (χ0v) is 18.7. The van der Waals surface area contributed by atoms with Gasteiger partial charge in [-0.2, -0.15) is 5.26 Å². The molecule has 0 fully saturated rings. The number of amides is 1. The van der Waals surface area contributed by atoms with Gasteiger partial charge in [0.2, 0.25) is 0 Å². The third-order valence-electron chi connectivity index (χ3n) is 3.95. The molecule has 0 heterocycles. The zero-order chi connectivity index (χ0) is 23.0. The number of carbonyl (C=O) groups is 1. The van der Waals surface area contributed by atoms with Crippen LogP contribution in [0.4, 0.5) is 11.4 Å². The Morgan fingerprint density at radius 2 is 1.97 bits per heavy atom. The summed E-state index contributed by atoms with van der Waals surface area (Å²) < 4.78 is 16.7. The number of benzene rings is 2. The van der Waals surface area contributed by atoms with Gasteiger partial charge in [-0.3, -0.25) is 14.9 Å². The summed E-state index contributed by atoms with van der Waals surface area (Å²) in [5.41, 5.74) is -0.148. The van der Waals surface area contributed by atoms with Crippen LogP contribution in [-0.4, -0.2) is 31.2 Å². The van der Waals surface area contributed by atoms with E-state index in [0.717, 1.165) is 0 Å². The van der Waals surface area contributed by atoms with Crippen molar-refractivity contribution in [3.63, 3.8) is 0 Å². The fourth-order valence-electron chi connectivity index (χ4n) is 2.62. The van der Waals surface area contributed by atoms with Gasteiger partial charge in [0, 0.05) is 0 Å². The van der Waals surface area contributed by atoms with Gasteiger partial charge in [-0.05, 0) is 65.7 Å². The number of halogens is 1. The van der Waals surface area contributed by atoms with Crippen LogP contribution < -0.4 is 19.5 Å². The number of hydrogen-bond acceptors (Lipinski definition) is 7. The molecule has 0 aromatic heterocycles. The molecule has 0 radical (unpaired) electrons. The van der Waals surface area contributed by atoms with Crippen LogP contribution in [0.3, 0.4) is 0 Å². The number of nitrogens with zero attached hydrogens (tertiary/aromatic N) is 2. The van der Waals surface area contributed by atoms with Crippen LogP contribution in [0.25, 0.3) is 6.08 Å².